The molecule has 4 nitrogen and oxygen atoms in total. The van der Waals surface area contributed by atoms with Crippen molar-refractivity contribution in [3.8, 4) is 0 Å². The lowest BCUT2D eigenvalue weighted by Gasteiger charge is -2.39. The minimum atomic E-state index is -0.549. The molecule has 168 valence electrons. The Bertz CT molecular complexity index is 1070. The van der Waals surface area contributed by atoms with Crippen LogP contribution in [-0.4, -0.2) is 35.8 Å². The van der Waals surface area contributed by atoms with Gasteiger partial charge in [0.15, 0.2) is 0 Å². The normalized spacial score (nSPS) is 19.2. The van der Waals surface area contributed by atoms with E-state index >= 15 is 0 Å². The second-order valence-corrected chi connectivity index (χ2v) is 9.40. The first-order valence-electron chi connectivity index (χ1n) is 11.1. The van der Waals surface area contributed by atoms with E-state index in [9.17, 15) is 9.18 Å². The van der Waals surface area contributed by atoms with E-state index in [1.807, 2.05) is 45.0 Å². The third kappa shape index (κ3) is 5.46. The van der Waals surface area contributed by atoms with Crippen molar-refractivity contribution < 1.29 is 18.7 Å². The number of likely N-dealkylation sites (tertiary alicyclic amines) is 1. The van der Waals surface area contributed by atoms with Crippen LogP contribution in [-0.2, 0) is 16.1 Å². The number of nitrogens with zero attached hydrogens (tertiary/aromatic N) is 1. The summed E-state index contributed by atoms with van der Waals surface area (Å²) in [4.78, 5) is 14.4. The molecule has 0 spiro atoms. The van der Waals surface area contributed by atoms with Crippen LogP contribution in [0.1, 0.15) is 44.2 Å². The van der Waals surface area contributed by atoms with E-state index in [2.05, 4.69) is 30.3 Å². The molecule has 1 heterocycles. The summed E-state index contributed by atoms with van der Waals surface area (Å²) in [7, 11) is 0. The predicted octanol–water partition coefficient (Wildman–Crippen LogP) is 6.29. The maximum absolute atomic E-state index is 13.5. The smallest absolute Gasteiger partial charge is 0.410 e. The standard InChI is InChI=1S/C27H30FNO3/c1-27(2,3)32-26(30)29-15-14-24(21-10-12-23(28)13-11-21)25(17-29)31-18-19-8-9-20-6-4-5-7-22(20)16-19/h4-13,16,24-25H,14-15,17-18H2,1-3H3. The number of hydrogen-bond donors (Lipinski definition) is 0. The van der Waals surface area contributed by atoms with Gasteiger partial charge in [-0.2, -0.15) is 0 Å². The van der Waals surface area contributed by atoms with E-state index in [-0.39, 0.29) is 23.9 Å². The van der Waals surface area contributed by atoms with Crippen molar-refractivity contribution in [3.05, 3.63) is 83.7 Å². The van der Waals surface area contributed by atoms with Gasteiger partial charge < -0.3 is 14.4 Å². The largest absolute Gasteiger partial charge is 0.444 e. The van der Waals surface area contributed by atoms with E-state index in [0.29, 0.717) is 19.7 Å². The highest BCUT2D eigenvalue weighted by molar-refractivity contribution is 5.82. The van der Waals surface area contributed by atoms with E-state index in [1.165, 1.54) is 22.9 Å². The predicted molar refractivity (Wildman–Crippen MR) is 124 cm³/mol. The highest BCUT2D eigenvalue weighted by Gasteiger charge is 2.35. The van der Waals surface area contributed by atoms with Crippen molar-refractivity contribution in [1.29, 1.82) is 0 Å². The summed E-state index contributed by atoms with van der Waals surface area (Å²) in [6.07, 6.45) is 0.190. The molecule has 1 aliphatic heterocycles. The molecule has 32 heavy (non-hydrogen) atoms. The Balaban J connectivity index is 1.52. The molecular weight excluding hydrogens is 405 g/mol. The molecule has 1 saturated heterocycles. The van der Waals surface area contributed by atoms with Crippen molar-refractivity contribution in [2.75, 3.05) is 13.1 Å². The topological polar surface area (TPSA) is 38.8 Å². The lowest BCUT2D eigenvalue weighted by molar-refractivity contribution is -0.0359. The van der Waals surface area contributed by atoms with Gasteiger partial charge in [0.25, 0.3) is 0 Å². The summed E-state index contributed by atoms with van der Waals surface area (Å²) in [5.41, 5.74) is 1.56. The van der Waals surface area contributed by atoms with Gasteiger partial charge in [-0.3, -0.25) is 0 Å². The first-order valence-corrected chi connectivity index (χ1v) is 11.1. The van der Waals surface area contributed by atoms with E-state index in [0.717, 1.165) is 17.5 Å². The zero-order valence-electron chi connectivity index (χ0n) is 18.9. The number of benzene rings is 3. The Labute approximate surface area is 188 Å². The summed E-state index contributed by atoms with van der Waals surface area (Å²) in [5, 5.41) is 2.36. The Hall–Kier alpha value is -2.92. The SMILES string of the molecule is CC(C)(C)OC(=O)N1CCC(c2ccc(F)cc2)C(OCc2ccc3ccccc3c2)C1. The second kappa shape index (κ2) is 9.29. The zero-order chi connectivity index (χ0) is 22.7. The Kier molecular flexibility index (Phi) is 6.47. The van der Waals surface area contributed by atoms with Crippen LogP contribution in [0.4, 0.5) is 9.18 Å². The lowest BCUT2D eigenvalue weighted by atomic mass is 9.87. The molecule has 4 rings (SSSR count). The highest BCUT2D eigenvalue weighted by atomic mass is 19.1. The molecule has 0 aromatic heterocycles. The van der Waals surface area contributed by atoms with Crippen LogP contribution in [0.15, 0.2) is 66.7 Å². The molecule has 0 N–H and O–H groups in total. The molecular formula is C27H30FNO3. The Morgan fingerprint density at radius 1 is 1.03 bits per heavy atom. The van der Waals surface area contributed by atoms with Gasteiger partial charge in [0.05, 0.1) is 19.3 Å². The van der Waals surface area contributed by atoms with Crippen LogP contribution in [0, 0.1) is 5.82 Å². The summed E-state index contributed by atoms with van der Waals surface area (Å²) in [6, 6.07) is 21.1. The quantitative estimate of drug-likeness (QED) is 0.483. The fraction of sp³-hybridized carbons (Fsp3) is 0.370. The third-order valence-electron chi connectivity index (χ3n) is 5.79. The first kappa shape index (κ1) is 22.3. The van der Waals surface area contributed by atoms with Gasteiger partial charge in [0, 0.05) is 12.5 Å². The van der Waals surface area contributed by atoms with Crippen LogP contribution < -0.4 is 0 Å². The van der Waals surface area contributed by atoms with Gasteiger partial charge in [-0.15, -0.1) is 0 Å². The van der Waals surface area contributed by atoms with Crippen LogP contribution in [0.5, 0.6) is 0 Å². The van der Waals surface area contributed by atoms with Crippen molar-refractivity contribution in [2.24, 2.45) is 0 Å². The average Bonchev–Trinajstić information content (AvgIpc) is 2.77. The van der Waals surface area contributed by atoms with Crippen LogP contribution in [0.3, 0.4) is 0 Å². The molecule has 0 saturated carbocycles. The van der Waals surface area contributed by atoms with Gasteiger partial charge in [0.1, 0.15) is 11.4 Å². The summed E-state index contributed by atoms with van der Waals surface area (Å²) in [5.74, 6) is -0.177. The van der Waals surface area contributed by atoms with Gasteiger partial charge in [-0.1, -0.05) is 48.5 Å². The molecule has 1 aliphatic rings. The van der Waals surface area contributed by atoms with Crippen LogP contribution >= 0.6 is 0 Å². The van der Waals surface area contributed by atoms with Crippen molar-refractivity contribution >= 4 is 16.9 Å². The number of rotatable bonds is 4. The molecule has 1 fully saturated rings. The zero-order valence-corrected chi connectivity index (χ0v) is 18.9. The van der Waals surface area contributed by atoms with E-state index in [1.54, 1.807) is 4.90 Å². The number of ether oxygens (including phenoxy) is 2. The van der Waals surface area contributed by atoms with Crippen molar-refractivity contribution in [3.63, 3.8) is 0 Å². The molecule has 0 radical (unpaired) electrons. The maximum Gasteiger partial charge on any atom is 0.410 e. The van der Waals surface area contributed by atoms with Crippen LogP contribution in [0.25, 0.3) is 10.8 Å². The Morgan fingerprint density at radius 2 is 1.75 bits per heavy atom. The minimum Gasteiger partial charge on any atom is -0.444 e. The number of piperidine rings is 1. The van der Waals surface area contributed by atoms with Crippen LogP contribution in [0.2, 0.25) is 0 Å². The molecule has 3 aromatic carbocycles. The second-order valence-electron chi connectivity index (χ2n) is 9.40. The third-order valence-corrected chi connectivity index (χ3v) is 5.79. The number of halogens is 1. The van der Waals surface area contributed by atoms with E-state index < -0.39 is 5.60 Å². The van der Waals surface area contributed by atoms with Gasteiger partial charge in [0.2, 0.25) is 0 Å². The number of carbonyl (C=O) groups is 1. The molecule has 3 aromatic rings. The minimum absolute atomic E-state index is 0.0785. The number of carbonyl (C=O) groups excluding carboxylic acids is 1. The molecule has 0 aliphatic carbocycles. The molecule has 1 amide bonds. The molecule has 2 unspecified atom stereocenters. The van der Waals surface area contributed by atoms with Gasteiger partial charge in [-0.25, -0.2) is 9.18 Å². The fourth-order valence-electron chi connectivity index (χ4n) is 4.20. The molecule has 5 heteroatoms. The lowest BCUT2D eigenvalue weighted by Crippen LogP contribution is -2.48. The Morgan fingerprint density at radius 3 is 2.47 bits per heavy atom. The van der Waals surface area contributed by atoms with Gasteiger partial charge >= 0.3 is 6.09 Å². The summed E-state index contributed by atoms with van der Waals surface area (Å²) in [6.45, 7) is 7.05. The van der Waals surface area contributed by atoms with Gasteiger partial charge in [-0.05, 0) is 67.3 Å². The van der Waals surface area contributed by atoms with Crippen molar-refractivity contribution in [2.45, 2.75) is 51.4 Å². The number of amides is 1. The van der Waals surface area contributed by atoms with E-state index in [4.69, 9.17) is 9.47 Å². The fourth-order valence-corrected chi connectivity index (χ4v) is 4.20. The monoisotopic (exact) mass is 435 g/mol. The molecule has 2 atom stereocenters. The summed E-state index contributed by atoms with van der Waals surface area (Å²) < 4.78 is 25.4. The van der Waals surface area contributed by atoms with Crippen molar-refractivity contribution in [1.82, 2.24) is 4.90 Å². The molecule has 0 bridgehead atoms. The number of hydrogen-bond acceptors (Lipinski definition) is 3. The first-order chi connectivity index (χ1) is 15.3. The highest BCUT2D eigenvalue weighted by Crippen LogP contribution is 2.32. The number of fused-ring (bicyclic) bond motifs is 1. The average molecular weight is 436 g/mol. The summed E-state index contributed by atoms with van der Waals surface area (Å²) >= 11 is 0. The maximum atomic E-state index is 13.5.